The molecule has 2 aromatic rings. The summed E-state index contributed by atoms with van der Waals surface area (Å²) < 4.78 is 2.06. The molecule has 0 fully saturated rings. The molecule has 0 spiro atoms. The van der Waals surface area contributed by atoms with Crippen LogP contribution in [0.3, 0.4) is 0 Å². The minimum absolute atomic E-state index is 0.0251. The van der Waals surface area contributed by atoms with Crippen molar-refractivity contribution in [3.63, 3.8) is 0 Å². The highest BCUT2D eigenvalue weighted by Crippen LogP contribution is 2.25. The van der Waals surface area contributed by atoms with E-state index < -0.39 is 0 Å². The predicted octanol–water partition coefficient (Wildman–Crippen LogP) is 2.93. The van der Waals surface area contributed by atoms with E-state index in [2.05, 4.69) is 35.6 Å². The molecule has 4 heteroatoms. The lowest BCUT2D eigenvalue weighted by molar-refractivity contribution is 0.0955. The Morgan fingerprint density at radius 1 is 1.42 bits per heavy atom. The first-order valence-electron chi connectivity index (χ1n) is 6.70. The maximum Gasteiger partial charge on any atom is 0.253 e. The van der Waals surface area contributed by atoms with Crippen LogP contribution >= 0.6 is 0 Å². The van der Waals surface area contributed by atoms with E-state index in [1.807, 2.05) is 25.3 Å². The number of carbonyl (C=O) groups excluding carboxylic acids is 1. The third-order valence-corrected chi connectivity index (χ3v) is 3.07. The van der Waals surface area contributed by atoms with Crippen molar-refractivity contribution in [1.82, 2.24) is 14.9 Å². The van der Waals surface area contributed by atoms with Crippen LogP contribution < -0.4 is 5.32 Å². The second kappa shape index (κ2) is 5.03. The summed E-state index contributed by atoms with van der Waals surface area (Å²) in [5.74, 6) is -0.0251. The maximum atomic E-state index is 12.2. The summed E-state index contributed by atoms with van der Waals surface area (Å²) in [5.41, 5.74) is 1.46. The number of nitrogens with zero attached hydrogens (tertiary/aromatic N) is 2. The topological polar surface area (TPSA) is 46.9 Å². The first kappa shape index (κ1) is 13.6. The summed E-state index contributed by atoms with van der Waals surface area (Å²) in [6, 6.07) is 3.82. The molecule has 1 N–H and O–H groups in total. The molecule has 0 unspecified atom stereocenters. The molecule has 19 heavy (non-hydrogen) atoms. The molecule has 102 valence electrons. The molecule has 2 heterocycles. The van der Waals surface area contributed by atoms with E-state index in [-0.39, 0.29) is 11.4 Å². The van der Waals surface area contributed by atoms with Crippen molar-refractivity contribution in [2.45, 2.75) is 39.7 Å². The van der Waals surface area contributed by atoms with E-state index in [0.29, 0.717) is 12.1 Å². The third-order valence-electron chi connectivity index (χ3n) is 3.07. The zero-order chi connectivity index (χ0) is 14.0. The lowest BCUT2D eigenvalue weighted by atomic mass is 10.1. The quantitative estimate of drug-likeness (QED) is 0.921. The number of nitrogens with one attached hydrogen (secondary N) is 1. The molecule has 0 radical (unpaired) electrons. The highest BCUT2D eigenvalue weighted by atomic mass is 16.1. The van der Waals surface area contributed by atoms with Gasteiger partial charge < -0.3 is 9.88 Å². The Labute approximate surface area is 113 Å². The highest BCUT2D eigenvalue weighted by Gasteiger charge is 2.21. The van der Waals surface area contributed by atoms with Gasteiger partial charge in [0, 0.05) is 29.9 Å². The van der Waals surface area contributed by atoms with Crippen LogP contribution in [0.2, 0.25) is 0 Å². The number of aromatic nitrogens is 2. The van der Waals surface area contributed by atoms with Crippen molar-refractivity contribution in [1.29, 1.82) is 0 Å². The van der Waals surface area contributed by atoms with Crippen LogP contribution in [-0.2, 0) is 5.54 Å². The van der Waals surface area contributed by atoms with E-state index in [1.54, 1.807) is 6.20 Å². The summed E-state index contributed by atoms with van der Waals surface area (Å²) in [5, 5.41) is 3.83. The van der Waals surface area contributed by atoms with E-state index in [1.165, 1.54) is 0 Å². The van der Waals surface area contributed by atoms with E-state index >= 15 is 0 Å². The standard InChI is InChI=1S/C15H21N3O/c1-5-8-17-14(19)12-10-18(15(2,3)4)13-11(12)7-6-9-16-13/h6-7,9-10H,5,8H2,1-4H3,(H,17,19). The second-order valence-corrected chi connectivity index (χ2v) is 5.71. The third kappa shape index (κ3) is 2.62. The van der Waals surface area contributed by atoms with Crippen molar-refractivity contribution < 1.29 is 4.79 Å². The van der Waals surface area contributed by atoms with Gasteiger partial charge >= 0.3 is 0 Å². The van der Waals surface area contributed by atoms with Crippen LogP contribution in [0.1, 0.15) is 44.5 Å². The summed E-state index contributed by atoms with van der Waals surface area (Å²) in [7, 11) is 0. The molecule has 0 aliphatic carbocycles. The van der Waals surface area contributed by atoms with Gasteiger partial charge in [-0.3, -0.25) is 4.79 Å². The van der Waals surface area contributed by atoms with Gasteiger partial charge in [0.15, 0.2) is 0 Å². The highest BCUT2D eigenvalue weighted by molar-refractivity contribution is 6.06. The smallest absolute Gasteiger partial charge is 0.253 e. The van der Waals surface area contributed by atoms with Crippen molar-refractivity contribution >= 4 is 16.9 Å². The molecule has 0 atom stereocenters. The Hall–Kier alpha value is -1.84. The Kier molecular flexibility index (Phi) is 3.60. The fraction of sp³-hybridized carbons (Fsp3) is 0.467. The molecule has 2 rings (SSSR count). The number of pyridine rings is 1. The monoisotopic (exact) mass is 259 g/mol. The first-order chi connectivity index (χ1) is 8.95. The number of rotatable bonds is 3. The number of hydrogen-bond acceptors (Lipinski definition) is 2. The van der Waals surface area contributed by atoms with Gasteiger partial charge in [-0.2, -0.15) is 0 Å². The van der Waals surface area contributed by atoms with Crippen molar-refractivity contribution in [3.8, 4) is 0 Å². The van der Waals surface area contributed by atoms with Gasteiger partial charge in [-0.1, -0.05) is 6.92 Å². The molecular weight excluding hydrogens is 238 g/mol. The average Bonchev–Trinajstić information content (AvgIpc) is 2.75. The second-order valence-electron chi connectivity index (χ2n) is 5.71. The lowest BCUT2D eigenvalue weighted by Crippen LogP contribution is -2.24. The number of hydrogen-bond donors (Lipinski definition) is 1. The van der Waals surface area contributed by atoms with Crippen molar-refractivity contribution in [2.75, 3.05) is 6.54 Å². The molecule has 0 aliphatic rings. The molecular formula is C15H21N3O. The van der Waals surface area contributed by atoms with E-state index in [4.69, 9.17) is 0 Å². The lowest BCUT2D eigenvalue weighted by Gasteiger charge is -2.21. The van der Waals surface area contributed by atoms with Crippen LogP contribution in [-0.4, -0.2) is 22.0 Å². The first-order valence-corrected chi connectivity index (χ1v) is 6.70. The molecule has 0 saturated carbocycles. The van der Waals surface area contributed by atoms with E-state index in [9.17, 15) is 4.79 Å². The molecule has 0 aliphatic heterocycles. The van der Waals surface area contributed by atoms with Gasteiger partial charge in [-0.15, -0.1) is 0 Å². The Bertz CT molecular complexity index is 593. The SMILES string of the molecule is CCCNC(=O)c1cn(C(C)(C)C)c2ncccc12. The van der Waals surface area contributed by atoms with Crippen LogP contribution in [0, 0.1) is 0 Å². The Morgan fingerprint density at radius 2 is 2.16 bits per heavy atom. The van der Waals surface area contributed by atoms with Gasteiger partial charge in [-0.05, 0) is 39.3 Å². The van der Waals surface area contributed by atoms with Gasteiger partial charge in [0.2, 0.25) is 0 Å². The van der Waals surface area contributed by atoms with Gasteiger partial charge in [-0.25, -0.2) is 4.98 Å². The van der Waals surface area contributed by atoms with Crippen molar-refractivity contribution in [2.24, 2.45) is 0 Å². The zero-order valence-electron chi connectivity index (χ0n) is 12.0. The molecule has 2 aromatic heterocycles. The molecule has 4 nitrogen and oxygen atoms in total. The summed E-state index contributed by atoms with van der Waals surface area (Å²) in [6.45, 7) is 9.06. The number of fused-ring (bicyclic) bond motifs is 1. The van der Waals surface area contributed by atoms with Gasteiger partial charge in [0.25, 0.3) is 5.91 Å². The molecule has 0 saturated heterocycles. The number of carbonyl (C=O) groups is 1. The Morgan fingerprint density at radius 3 is 2.79 bits per heavy atom. The molecule has 0 bridgehead atoms. The summed E-state index contributed by atoms with van der Waals surface area (Å²) in [6.07, 6.45) is 4.60. The summed E-state index contributed by atoms with van der Waals surface area (Å²) in [4.78, 5) is 16.6. The minimum Gasteiger partial charge on any atom is -0.352 e. The number of amides is 1. The minimum atomic E-state index is -0.101. The van der Waals surface area contributed by atoms with Crippen LogP contribution in [0.4, 0.5) is 0 Å². The fourth-order valence-electron chi connectivity index (χ4n) is 2.09. The van der Waals surface area contributed by atoms with Crippen molar-refractivity contribution in [3.05, 3.63) is 30.1 Å². The largest absolute Gasteiger partial charge is 0.352 e. The predicted molar refractivity (Wildman–Crippen MR) is 77.4 cm³/mol. The van der Waals surface area contributed by atoms with Crippen LogP contribution in [0.5, 0.6) is 0 Å². The normalized spacial score (nSPS) is 11.8. The molecule has 1 amide bonds. The zero-order valence-corrected chi connectivity index (χ0v) is 12.0. The van der Waals surface area contributed by atoms with E-state index in [0.717, 1.165) is 17.5 Å². The van der Waals surface area contributed by atoms with Crippen LogP contribution in [0.25, 0.3) is 11.0 Å². The fourth-order valence-corrected chi connectivity index (χ4v) is 2.09. The van der Waals surface area contributed by atoms with Gasteiger partial charge in [0.1, 0.15) is 5.65 Å². The maximum absolute atomic E-state index is 12.2. The molecule has 0 aromatic carbocycles. The van der Waals surface area contributed by atoms with Crippen LogP contribution in [0.15, 0.2) is 24.5 Å². The Balaban J connectivity index is 2.53. The average molecular weight is 259 g/mol. The summed E-state index contributed by atoms with van der Waals surface area (Å²) >= 11 is 0. The van der Waals surface area contributed by atoms with Gasteiger partial charge in [0.05, 0.1) is 5.56 Å².